The molecular weight excluding hydrogens is 440 g/mol. The zero-order valence-corrected chi connectivity index (χ0v) is 16.8. The Kier molecular flexibility index (Phi) is 7.31. The number of nitrogens with two attached hydrogens (primary N) is 1. The maximum Gasteiger partial charge on any atom is 0.422 e. The van der Waals surface area contributed by atoms with Crippen molar-refractivity contribution in [3.05, 3.63) is 22.4 Å². The summed E-state index contributed by atoms with van der Waals surface area (Å²) in [4.78, 5) is 15.4. The Morgan fingerprint density at radius 1 is 1.52 bits per heavy atom. The Labute approximate surface area is 156 Å². The lowest BCUT2D eigenvalue weighted by atomic mass is 9.98. The summed E-state index contributed by atoms with van der Waals surface area (Å²) in [5.41, 5.74) is -0.0459. The van der Waals surface area contributed by atoms with Crippen LogP contribution in [0.25, 0.3) is 0 Å². The van der Waals surface area contributed by atoms with Crippen LogP contribution >= 0.6 is 15.9 Å². The molecule has 0 fully saturated rings. The van der Waals surface area contributed by atoms with Crippen LogP contribution in [0.5, 0.6) is 0 Å². The maximum atomic E-state index is 12.1. The summed E-state index contributed by atoms with van der Waals surface area (Å²) >= 11 is 0.442. The number of carbonyl (C=O) groups is 1. The highest BCUT2D eigenvalue weighted by Crippen LogP contribution is 2.35. The van der Waals surface area contributed by atoms with E-state index in [9.17, 15) is 27.1 Å². The average Bonchev–Trinajstić information content (AvgIpc) is 2.44. The zero-order chi connectivity index (χ0) is 19.5. The summed E-state index contributed by atoms with van der Waals surface area (Å²) in [5, 5.41) is 9.70. The first-order valence-electron chi connectivity index (χ1n) is 6.82. The second-order valence-electron chi connectivity index (χ2n) is 5.48. The molecule has 2 atom stereocenters. The Balaban J connectivity index is 3.67. The molecule has 0 bridgehead atoms. The molecule has 25 heavy (non-hydrogen) atoms. The number of pyridine rings is 1. The van der Waals surface area contributed by atoms with E-state index in [-0.39, 0.29) is 17.3 Å². The van der Waals surface area contributed by atoms with Crippen molar-refractivity contribution in [2.75, 3.05) is 16.4 Å². The predicted molar refractivity (Wildman–Crippen MR) is 94.7 cm³/mol. The fraction of sp³-hybridized carbons (Fsp3) is 0.500. The number of amides is 1. The number of rotatable bonds is 7. The lowest BCUT2D eigenvalue weighted by Gasteiger charge is -2.32. The van der Waals surface area contributed by atoms with E-state index >= 15 is 0 Å². The van der Waals surface area contributed by atoms with Gasteiger partial charge in [-0.05, 0) is 39.0 Å². The van der Waals surface area contributed by atoms with Crippen molar-refractivity contribution in [2.24, 2.45) is 11.8 Å². The topological polar surface area (TPSA) is 157 Å². The van der Waals surface area contributed by atoms with Crippen molar-refractivity contribution in [2.45, 2.75) is 19.9 Å². The number of sulfonamides is 1. The molecule has 1 rings (SSSR count). The number of hydrogen-bond donors (Lipinski definition) is 2. The van der Waals surface area contributed by atoms with Crippen LogP contribution in [0, 0.1) is 5.92 Å². The number of aromatic nitrogens is 1. The van der Waals surface area contributed by atoms with Gasteiger partial charge in [-0.25, -0.2) is 24.1 Å². The second kappa shape index (κ2) is 8.40. The van der Waals surface area contributed by atoms with E-state index < -0.39 is 39.1 Å². The van der Waals surface area contributed by atoms with Gasteiger partial charge in [-0.1, -0.05) is 13.8 Å². The lowest BCUT2D eigenvalue weighted by Crippen LogP contribution is -2.43. The van der Waals surface area contributed by atoms with Gasteiger partial charge in [-0.2, -0.15) is 0 Å². The van der Waals surface area contributed by atoms with Crippen molar-refractivity contribution in [1.29, 1.82) is 0 Å². The van der Waals surface area contributed by atoms with Gasteiger partial charge >= 0.3 is 6.09 Å². The van der Waals surface area contributed by atoms with Crippen LogP contribution in [-0.2, 0) is 21.1 Å². The van der Waals surface area contributed by atoms with Crippen molar-refractivity contribution < 1.29 is 27.1 Å². The van der Waals surface area contributed by atoms with E-state index in [1.54, 1.807) is 13.8 Å². The number of carboxylic acid groups (broad SMARTS) is 1. The number of nitrogens with zero attached hydrogens (tertiary/aromatic N) is 3. The summed E-state index contributed by atoms with van der Waals surface area (Å²) in [6, 6.07) is 0.353. The number of halogens is 1. The first-order chi connectivity index (χ1) is 11.4. The van der Waals surface area contributed by atoms with E-state index in [1.807, 2.05) is 0 Å². The molecule has 0 aromatic carbocycles. The summed E-state index contributed by atoms with van der Waals surface area (Å²) in [7, 11) is -3.98. The van der Waals surface area contributed by atoms with Gasteiger partial charge in [-0.3, -0.25) is 13.5 Å². The minimum atomic E-state index is -3.98. The Hall–Kier alpha value is -1.28. The summed E-state index contributed by atoms with van der Waals surface area (Å²) < 4.78 is 47.4. The van der Waals surface area contributed by atoms with E-state index in [1.165, 1.54) is 12.3 Å². The number of anilines is 1. The van der Waals surface area contributed by atoms with Gasteiger partial charge in [0.2, 0.25) is 10.0 Å². The predicted octanol–water partition coefficient (Wildman–Crippen LogP) is 0.998. The molecule has 0 aliphatic heterocycles. The van der Waals surface area contributed by atoms with Gasteiger partial charge in [0.1, 0.15) is 0 Å². The van der Waals surface area contributed by atoms with E-state index in [2.05, 4.69) is 20.9 Å². The van der Waals surface area contributed by atoms with E-state index in [4.69, 9.17) is 5.84 Å². The van der Waals surface area contributed by atoms with Crippen molar-refractivity contribution in [1.82, 2.24) is 9.99 Å². The molecule has 2 unspecified atom stereocenters. The fourth-order valence-corrected chi connectivity index (χ4v) is 4.37. The molecule has 1 heterocycles. The average molecular weight is 458 g/mol. The van der Waals surface area contributed by atoms with Crippen LogP contribution < -0.4 is 10.1 Å². The van der Waals surface area contributed by atoms with Crippen LogP contribution in [0.3, 0.4) is 0 Å². The Morgan fingerprint density at radius 3 is 2.48 bits per heavy atom. The maximum absolute atomic E-state index is 12.1. The smallest absolute Gasteiger partial charge is 0.422 e. The van der Waals surface area contributed by atoms with Crippen molar-refractivity contribution >= 4 is 48.8 Å². The van der Waals surface area contributed by atoms with Gasteiger partial charge in [0, 0.05) is 10.7 Å². The molecule has 0 saturated carbocycles. The highest BCUT2D eigenvalue weighted by Gasteiger charge is 2.32. The number of hydrazine groups is 1. The van der Waals surface area contributed by atoms with E-state index in [0.717, 1.165) is 6.26 Å². The normalized spacial score (nSPS) is 14.2. The largest absolute Gasteiger partial charge is 0.771 e. The Bertz CT molecular complexity index is 773. The molecule has 1 aromatic heterocycles. The fourth-order valence-electron chi connectivity index (χ4n) is 2.19. The van der Waals surface area contributed by atoms with Crippen molar-refractivity contribution in [3.8, 4) is 0 Å². The molecule has 142 valence electrons. The van der Waals surface area contributed by atoms with Crippen LogP contribution in [-0.4, -0.2) is 50.5 Å². The minimum Gasteiger partial charge on any atom is -0.771 e. The SMILES string of the molecule is CC(C)C(c1ncc(Br)cc1N(CS(=O)[O-])S(C)(=O)=O)N(N)C(=O)O. The summed E-state index contributed by atoms with van der Waals surface area (Å²) in [6.45, 7) is 3.36. The first-order valence-corrected chi connectivity index (χ1v) is 10.7. The molecule has 0 aliphatic carbocycles. The lowest BCUT2D eigenvalue weighted by molar-refractivity contribution is 0.108. The van der Waals surface area contributed by atoms with Gasteiger partial charge < -0.3 is 9.66 Å². The monoisotopic (exact) mass is 457 g/mol. The standard InChI is InChI=1S/C12H19BrN4O6S2/c1-7(2)11(17(14)12(18)19)10-9(4-8(13)5-15-10)16(6-24(20)21)25(3,22)23/h4-5,7,11H,6,14H2,1-3H3,(H,18,19)(H,20,21)/p-1. The third kappa shape index (κ3) is 5.60. The zero-order valence-electron chi connectivity index (χ0n) is 13.6. The third-order valence-corrected chi connectivity index (χ3v) is 5.38. The third-order valence-electron chi connectivity index (χ3n) is 3.19. The van der Waals surface area contributed by atoms with Gasteiger partial charge in [0.15, 0.2) is 0 Å². The highest BCUT2D eigenvalue weighted by atomic mass is 79.9. The van der Waals surface area contributed by atoms with Gasteiger partial charge in [0.25, 0.3) is 0 Å². The second-order valence-corrected chi connectivity index (χ2v) is 9.17. The van der Waals surface area contributed by atoms with Crippen LogP contribution in [0.4, 0.5) is 10.5 Å². The molecule has 1 aromatic rings. The van der Waals surface area contributed by atoms with Crippen LogP contribution in [0.1, 0.15) is 25.6 Å². The molecule has 1 amide bonds. The minimum absolute atomic E-state index is 0.0268. The molecule has 0 saturated heterocycles. The summed E-state index contributed by atoms with van der Waals surface area (Å²) in [5.74, 6) is 4.39. The highest BCUT2D eigenvalue weighted by molar-refractivity contribution is 9.10. The van der Waals surface area contributed by atoms with Gasteiger partial charge in [-0.15, -0.1) is 0 Å². The quantitative estimate of drug-likeness (QED) is 0.265. The molecular formula is C12H18BrN4O6S2-. The van der Waals surface area contributed by atoms with E-state index in [0.29, 0.717) is 13.8 Å². The summed E-state index contributed by atoms with van der Waals surface area (Å²) in [6.07, 6.45) is 0.748. The van der Waals surface area contributed by atoms with Crippen LogP contribution in [0.2, 0.25) is 0 Å². The number of hydrogen-bond acceptors (Lipinski definition) is 7. The molecule has 0 aliphatic rings. The molecule has 10 nitrogen and oxygen atoms in total. The van der Waals surface area contributed by atoms with Crippen molar-refractivity contribution in [3.63, 3.8) is 0 Å². The van der Waals surface area contributed by atoms with Crippen LogP contribution in [0.15, 0.2) is 16.7 Å². The Morgan fingerprint density at radius 2 is 2.08 bits per heavy atom. The van der Waals surface area contributed by atoms with Gasteiger partial charge in [0.05, 0.1) is 29.6 Å². The molecule has 3 N–H and O–H groups in total. The first kappa shape index (κ1) is 21.8. The molecule has 0 radical (unpaired) electrons. The molecule has 13 heteroatoms. The molecule has 0 spiro atoms.